The maximum Gasteiger partial charge on any atom is 0.247 e. The fourth-order valence-electron chi connectivity index (χ4n) is 3.56. The van der Waals surface area contributed by atoms with Gasteiger partial charge in [0.15, 0.2) is 0 Å². The maximum atomic E-state index is 13.1. The topological polar surface area (TPSA) is 49.4 Å². The van der Waals surface area contributed by atoms with Crippen LogP contribution in [0.25, 0.3) is 0 Å². The van der Waals surface area contributed by atoms with Crippen LogP contribution in [0.2, 0.25) is 0 Å². The molecule has 1 N–H and O–H groups in total. The van der Waals surface area contributed by atoms with E-state index >= 15 is 0 Å². The summed E-state index contributed by atoms with van der Waals surface area (Å²) in [5, 5.41) is 2.79. The van der Waals surface area contributed by atoms with Gasteiger partial charge >= 0.3 is 0 Å². The third-order valence-electron chi connectivity index (χ3n) is 5.18. The fraction of sp³-hybridized carbons (Fsp3) is 0.500. The molecule has 0 aromatic heterocycles. The quantitative estimate of drug-likeness (QED) is 0.860. The number of hydrogen-bond acceptors (Lipinski definition) is 2. The number of anilines is 1. The third-order valence-corrected chi connectivity index (χ3v) is 5.18. The van der Waals surface area contributed by atoms with E-state index in [1.807, 2.05) is 19.9 Å². The Hall–Kier alpha value is -2.10. The molecule has 24 heavy (non-hydrogen) atoms. The molecule has 1 saturated heterocycles. The minimum Gasteiger partial charge on any atom is -0.329 e. The molecule has 3 rings (SSSR count). The molecule has 0 bridgehead atoms. The summed E-state index contributed by atoms with van der Waals surface area (Å²) in [5.74, 6) is -0.139. The molecular formula is C20H26N2O2. The second-order valence-corrected chi connectivity index (χ2v) is 8.43. The molecule has 0 radical (unpaired) electrons. The van der Waals surface area contributed by atoms with Crippen LogP contribution in [0.5, 0.6) is 0 Å². The van der Waals surface area contributed by atoms with Crippen molar-refractivity contribution >= 4 is 17.5 Å². The summed E-state index contributed by atoms with van der Waals surface area (Å²) in [6, 6.07) is 5.75. The van der Waals surface area contributed by atoms with Crippen molar-refractivity contribution in [2.24, 2.45) is 0 Å². The molecule has 128 valence electrons. The smallest absolute Gasteiger partial charge is 0.247 e. The Morgan fingerprint density at radius 1 is 1.25 bits per heavy atom. The van der Waals surface area contributed by atoms with Gasteiger partial charge in [0.25, 0.3) is 0 Å². The molecule has 4 heteroatoms. The molecule has 1 fully saturated rings. The lowest BCUT2D eigenvalue weighted by atomic mass is 9.80. The van der Waals surface area contributed by atoms with Crippen LogP contribution in [0.3, 0.4) is 0 Å². The molecular weight excluding hydrogens is 300 g/mol. The summed E-state index contributed by atoms with van der Waals surface area (Å²) in [6.45, 7) is 14.2. The highest BCUT2D eigenvalue weighted by Gasteiger charge is 2.48. The van der Waals surface area contributed by atoms with Gasteiger partial charge in [0.2, 0.25) is 11.8 Å². The summed E-state index contributed by atoms with van der Waals surface area (Å²) in [7, 11) is 0. The van der Waals surface area contributed by atoms with Crippen molar-refractivity contribution in [3.05, 3.63) is 41.6 Å². The normalized spacial score (nSPS) is 23.3. The summed E-state index contributed by atoms with van der Waals surface area (Å²) < 4.78 is 0. The Morgan fingerprint density at radius 3 is 2.50 bits per heavy atom. The van der Waals surface area contributed by atoms with Crippen molar-refractivity contribution in [2.45, 2.75) is 64.3 Å². The lowest BCUT2D eigenvalue weighted by molar-refractivity contribution is -0.128. The number of amides is 2. The van der Waals surface area contributed by atoms with E-state index in [0.29, 0.717) is 12.8 Å². The number of hydrogen-bond donors (Lipinski definition) is 1. The van der Waals surface area contributed by atoms with Gasteiger partial charge < -0.3 is 5.32 Å². The first-order chi connectivity index (χ1) is 11.0. The molecule has 4 nitrogen and oxygen atoms in total. The summed E-state index contributed by atoms with van der Waals surface area (Å²) in [5.41, 5.74) is 3.20. The van der Waals surface area contributed by atoms with Crippen LogP contribution < -0.4 is 10.2 Å². The predicted octanol–water partition coefficient (Wildman–Crippen LogP) is 3.40. The molecule has 2 aliphatic rings. The molecule has 1 atom stereocenters. The van der Waals surface area contributed by atoms with E-state index in [-0.39, 0.29) is 17.2 Å². The Bertz CT molecular complexity index is 740. The van der Waals surface area contributed by atoms with Crippen LogP contribution in [0.15, 0.2) is 30.5 Å². The van der Waals surface area contributed by atoms with Crippen LogP contribution >= 0.6 is 0 Å². The highest BCUT2D eigenvalue weighted by atomic mass is 16.2. The first-order valence-electron chi connectivity index (χ1n) is 8.51. The number of carbonyl (C=O) groups is 2. The van der Waals surface area contributed by atoms with Gasteiger partial charge in [-0.25, -0.2) is 0 Å². The number of benzene rings is 1. The van der Waals surface area contributed by atoms with Crippen LogP contribution in [0.1, 0.15) is 58.6 Å². The number of nitrogens with one attached hydrogen (secondary N) is 1. The Morgan fingerprint density at radius 2 is 1.92 bits per heavy atom. The van der Waals surface area contributed by atoms with Crippen LogP contribution in [-0.4, -0.2) is 17.9 Å². The summed E-state index contributed by atoms with van der Waals surface area (Å²) in [6.07, 6.45) is 1.32. The van der Waals surface area contributed by atoms with Gasteiger partial charge in [-0.05, 0) is 49.3 Å². The number of piperidine rings is 1. The van der Waals surface area contributed by atoms with Crippen molar-refractivity contribution in [3.8, 4) is 0 Å². The first-order valence-corrected chi connectivity index (χ1v) is 8.51. The van der Waals surface area contributed by atoms with E-state index in [0.717, 1.165) is 16.9 Å². The zero-order valence-corrected chi connectivity index (χ0v) is 15.2. The third kappa shape index (κ3) is 2.45. The van der Waals surface area contributed by atoms with Crippen molar-refractivity contribution in [3.63, 3.8) is 0 Å². The molecule has 1 aromatic rings. The lowest BCUT2D eigenvalue weighted by Gasteiger charge is -2.32. The molecule has 0 spiro atoms. The highest BCUT2D eigenvalue weighted by Crippen LogP contribution is 2.45. The van der Waals surface area contributed by atoms with Crippen molar-refractivity contribution in [1.29, 1.82) is 0 Å². The Kier molecular flexibility index (Phi) is 3.63. The maximum absolute atomic E-state index is 13.1. The average Bonchev–Trinajstić information content (AvgIpc) is 2.66. The molecule has 2 heterocycles. The van der Waals surface area contributed by atoms with Gasteiger partial charge in [-0.2, -0.15) is 0 Å². The van der Waals surface area contributed by atoms with Crippen molar-refractivity contribution in [1.82, 2.24) is 5.32 Å². The number of fused-ring (bicyclic) bond motifs is 1. The molecule has 1 unspecified atom stereocenters. The van der Waals surface area contributed by atoms with E-state index in [4.69, 9.17) is 0 Å². The van der Waals surface area contributed by atoms with Gasteiger partial charge in [-0.1, -0.05) is 39.5 Å². The number of rotatable bonds is 1. The van der Waals surface area contributed by atoms with Gasteiger partial charge in [-0.3, -0.25) is 14.5 Å². The van der Waals surface area contributed by atoms with E-state index in [2.05, 4.69) is 44.8 Å². The molecule has 2 aliphatic heterocycles. The number of carbonyl (C=O) groups excluding carboxylic acids is 2. The lowest BCUT2D eigenvalue weighted by Crippen LogP contribution is -2.52. The van der Waals surface area contributed by atoms with Crippen molar-refractivity contribution in [2.75, 3.05) is 4.90 Å². The highest BCUT2D eigenvalue weighted by molar-refractivity contribution is 6.11. The summed E-state index contributed by atoms with van der Waals surface area (Å²) in [4.78, 5) is 27.2. The van der Waals surface area contributed by atoms with Gasteiger partial charge in [0, 0.05) is 11.4 Å². The minimum atomic E-state index is -0.620. The standard InChI is InChI=1S/C20H26N2O2/c1-12-7-9-16(17(23)21-12)22-15-10-8-13(19(2,3)4)11-14(15)20(5,6)18(22)24/h8,10-11,16H,1,7,9H2,2-6H3,(H,21,23). The largest absolute Gasteiger partial charge is 0.329 e. The SMILES string of the molecule is C=C1CCC(N2C(=O)C(C)(C)c3cc(C(C)(C)C)ccc32)C(=O)N1. The molecule has 0 aliphatic carbocycles. The van der Waals surface area contributed by atoms with Crippen LogP contribution in [0.4, 0.5) is 5.69 Å². The average molecular weight is 326 g/mol. The van der Waals surface area contributed by atoms with E-state index in [9.17, 15) is 9.59 Å². The second kappa shape index (κ2) is 5.20. The zero-order chi connectivity index (χ0) is 17.9. The zero-order valence-electron chi connectivity index (χ0n) is 15.2. The second-order valence-electron chi connectivity index (χ2n) is 8.43. The van der Waals surface area contributed by atoms with Gasteiger partial charge in [0.05, 0.1) is 5.41 Å². The predicted molar refractivity (Wildman–Crippen MR) is 96.0 cm³/mol. The van der Waals surface area contributed by atoms with Gasteiger partial charge in [0.1, 0.15) is 6.04 Å². The Labute approximate surface area is 143 Å². The van der Waals surface area contributed by atoms with Crippen LogP contribution in [0, 0.1) is 0 Å². The molecule has 0 saturated carbocycles. The molecule has 1 aromatic carbocycles. The number of allylic oxidation sites excluding steroid dienone is 1. The molecule has 2 amide bonds. The van der Waals surface area contributed by atoms with Gasteiger partial charge in [-0.15, -0.1) is 0 Å². The monoisotopic (exact) mass is 326 g/mol. The first kappa shape index (κ1) is 16.7. The van der Waals surface area contributed by atoms with Crippen LogP contribution in [-0.2, 0) is 20.4 Å². The van der Waals surface area contributed by atoms with E-state index < -0.39 is 11.5 Å². The number of nitrogens with zero attached hydrogens (tertiary/aromatic N) is 1. The summed E-state index contributed by atoms with van der Waals surface area (Å²) >= 11 is 0. The van der Waals surface area contributed by atoms with E-state index in [1.165, 1.54) is 5.56 Å². The van der Waals surface area contributed by atoms with E-state index in [1.54, 1.807) is 4.90 Å². The minimum absolute atomic E-state index is 0.00350. The Balaban J connectivity index is 2.08. The fourth-order valence-corrected chi connectivity index (χ4v) is 3.56. The van der Waals surface area contributed by atoms with Crippen molar-refractivity contribution < 1.29 is 9.59 Å².